The van der Waals surface area contributed by atoms with Crippen molar-refractivity contribution in [2.45, 2.75) is 24.8 Å². The lowest BCUT2D eigenvalue weighted by atomic mass is 9.96. The number of nitrogens with zero attached hydrogens (tertiary/aromatic N) is 2. The molecule has 0 N–H and O–H groups in total. The van der Waals surface area contributed by atoms with E-state index in [4.69, 9.17) is 9.15 Å². The van der Waals surface area contributed by atoms with Gasteiger partial charge in [-0.2, -0.15) is 0 Å². The molecule has 3 heterocycles. The Balaban J connectivity index is 1.61. The van der Waals surface area contributed by atoms with Gasteiger partial charge in [0, 0.05) is 16.5 Å². The van der Waals surface area contributed by atoms with Crippen LogP contribution in [0, 0.1) is 0 Å². The van der Waals surface area contributed by atoms with E-state index < -0.39 is 18.0 Å². The molecule has 1 aliphatic rings. The molecule has 1 aliphatic heterocycles. The fourth-order valence-corrected chi connectivity index (χ4v) is 5.84. The number of hydrogen-bond donors (Lipinski definition) is 0. The Kier molecular flexibility index (Phi) is 7.40. The number of allylic oxidation sites excluding steroid dienone is 1. The van der Waals surface area contributed by atoms with Crippen molar-refractivity contribution in [1.82, 2.24) is 4.57 Å². The largest absolute Gasteiger partial charge is 0.545 e. The number of thioether (sulfide) groups is 1. The number of carbonyl (C=O) groups excluding carboxylic acids is 2. The quantitative estimate of drug-likeness (QED) is 0.252. The van der Waals surface area contributed by atoms with Crippen molar-refractivity contribution < 1.29 is 23.8 Å². The van der Waals surface area contributed by atoms with Gasteiger partial charge < -0.3 is 19.1 Å². The Hall–Kier alpha value is -4.15. The minimum Gasteiger partial charge on any atom is -0.545 e. The van der Waals surface area contributed by atoms with Crippen LogP contribution in [0.25, 0.3) is 17.4 Å². The zero-order valence-corrected chi connectivity index (χ0v) is 22.9. The molecule has 0 saturated heterocycles. The zero-order chi connectivity index (χ0) is 27.7. The van der Waals surface area contributed by atoms with Crippen LogP contribution in [-0.4, -0.2) is 29.4 Å². The highest BCUT2D eigenvalue weighted by Crippen LogP contribution is 2.32. The van der Waals surface area contributed by atoms with Gasteiger partial charge >= 0.3 is 5.97 Å². The predicted octanol–water partition coefficient (Wildman–Crippen LogP) is 3.14. The van der Waals surface area contributed by atoms with Crippen LogP contribution >= 0.6 is 23.1 Å². The topological polar surface area (TPSA) is 114 Å². The maximum Gasteiger partial charge on any atom is 0.338 e. The van der Waals surface area contributed by atoms with E-state index in [9.17, 15) is 19.5 Å². The van der Waals surface area contributed by atoms with Gasteiger partial charge in [0.2, 0.25) is 0 Å². The van der Waals surface area contributed by atoms with E-state index >= 15 is 0 Å². The molecule has 4 aromatic rings. The minimum absolute atomic E-state index is 0.0390. The number of esters is 1. The number of thiazole rings is 1. The van der Waals surface area contributed by atoms with Crippen molar-refractivity contribution in [3.63, 3.8) is 0 Å². The average Bonchev–Trinajstić information content (AvgIpc) is 3.52. The highest BCUT2D eigenvalue weighted by molar-refractivity contribution is 7.98. The number of carboxylic acid groups (broad SMARTS) is 1. The second kappa shape index (κ2) is 10.9. The minimum atomic E-state index is -1.28. The molecule has 39 heavy (non-hydrogen) atoms. The second-order valence-corrected chi connectivity index (χ2v) is 10.5. The van der Waals surface area contributed by atoms with Crippen molar-refractivity contribution in [1.29, 1.82) is 0 Å². The van der Waals surface area contributed by atoms with Crippen molar-refractivity contribution in [2.24, 2.45) is 4.99 Å². The fourth-order valence-electron chi connectivity index (χ4n) is 4.41. The highest BCUT2D eigenvalue weighted by atomic mass is 32.2. The van der Waals surface area contributed by atoms with Gasteiger partial charge in [0.05, 0.1) is 34.4 Å². The van der Waals surface area contributed by atoms with Gasteiger partial charge in [-0.15, -0.1) is 11.8 Å². The fraction of sp³-hybridized carbons (Fsp3) is 0.172. The molecule has 0 aliphatic carbocycles. The number of fused-ring (bicyclic) bond motifs is 1. The predicted molar refractivity (Wildman–Crippen MR) is 147 cm³/mol. The lowest BCUT2D eigenvalue weighted by Crippen LogP contribution is -2.39. The summed E-state index contributed by atoms with van der Waals surface area (Å²) in [4.78, 5) is 44.1. The van der Waals surface area contributed by atoms with E-state index in [0.29, 0.717) is 37.7 Å². The summed E-state index contributed by atoms with van der Waals surface area (Å²) in [5.41, 5.74) is 1.88. The lowest BCUT2D eigenvalue weighted by molar-refractivity contribution is -0.255. The van der Waals surface area contributed by atoms with Gasteiger partial charge in [-0.1, -0.05) is 41.7 Å². The Morgan fingerprint density at radius 3 is 2.64 bits per heavy atom. The molecule has 2 aromatic carbocycles. The van der Waals surface area contributed by atoms with E-state index in [2.05, 4.69) is 4.99 Å². The van der Waals surface area contributed by atoms with Crippen LogP contribution in [0.2, 0.25) is 0 Å². The molecule has 0 amide bonds. The monoisotopic (exact) mass is 559 g/mol. The Labute approximate surface area is 231 Å². The van der Waals surface area contributed by atoms with E-state index in [1.54, 1.807) is 56.0 Å². The first-order valence-corrected chi connectivity index (χ1v) is 14.1. The van der Waals surface area contributed by atoms with E-state index in [-0.39, 0.29) is 17.7 Å². The van der Waals surface area contributed by atoms with Gasteiger partial charge in [0.25, 0.3) is 5.56 Å². The van der Waals surface area contributed by atoms with Gasteiger partial charge in [-0.05, 0) is 61.6 Å². The number of furan rings is 1. The smallest absolute Gasteiger partial charge is 0.338 e. The van der Waals surface area contributed by atoms with Gasteiger partial charge in [0.15, 0.2) is 4.80 Å². The van der Waals surface area contributed by atoms with Crippen LogP contribution in [-0.2, 0) is 9.53 Å². The van der Waals surface area contributed by atoms with Gasteiger partial charge in [-0.3, -0.25) is 9.36 Å². The van der Waals surface area contributed by atoms with E-state index in [1.165, 1.54) is 28.0 Å². The van der Waals surface area contributed by atoms with Crippen LogP contribution in [0.4, 0.5) is 0 Å². The van der Waals surface area contributed by atoms with Crippen LogP contribution in [0.5, 0.6) is 0 Å². The number of carboxylic acids is 1. The summed E-state index contributed by atoms with van der Waals surface area (Å²) >= 11 is 2.80. The summed E-state index contributed by atoms with van der Waals surface area (Å²) in [5, 5.41) is 11.2. The first kappa shape index (κ1) is 26.5. The third-order valence-corrected chi connectivity index (χ3v) is 7.96. The normalized spacial score (nSPS) is 15.2. The number of rotatable bonds is 7. The number of benzene rings is 2. The van der Waals surface area contributed by atoms with Crippen molar-refractivity contribution >= 4 is 41.1 Å². The molecule has 0 radical (unpaired) electrons. The Bertz CT molecular complexity index is 1790. The summed E-state index contributed by atoms with van der Waals surface area (Å²) in [6, 6.07) is 16.7. The summed E-state index contributed by atoms with van der Waals surface area (Å²) in [5.74, 6) is -0.929. The molecule has 198 valence electrons. The molecule has 0 fully saturated rings. The summed E-state index contributed by atoms with van der Waals surface area (Å²) < 4.78 is 13.2. The summed E-state index contributed by atoms with van der Waals surface area (Å²) in [6.45, 7) is 3.68. The first-order chi connectivity index (χ1) is 18.8. The Morgan fingerprint density at radius 2 is 1.95 bits per heavy atom. The van der Waals surface area contributed by atoms with Crippen LogP contribution in [0.1, 0.15) is 41.6 Å². The Morgan fingerprint density at radius 1 is 1.18 bits per heavy atom. The van der Waals surface area contributed by atoms with Crippen LogP contribution in [0.3, 0.4) is 0 Å². The van der Waals surface area contributed by atoms with Crippen molar-refractivity contribution in [2.75, 3.05) is 12.9 Å². The van der Waals surface area contributed by atoms with Gasteiger partial charge in [0.1, 0.15) is 11.5 Å². The molecule has 5 rings (SSSR count). The van der Waals surface area contributed by atoms with Crippen molar-refractivity contribution in [3.8, 4) is 11.3 Å². The molecule has 1 unspecified atom stereocenters. The molecular weight excluding hydrogens is 536 g/mol. The van der Waals surface area contributed by atoms with Crippen LogP contribution in [0.15, 0.2) is 91.0 Å². The molecule has 1 atom stereocenters. The van der Waals surface area contributed by atoms with Crippen molar-refractivity contribution in [3.05, 3.63) is 109 Å². The molecule has 8 nitrogen and oxygen atoms in total. The number of carbonyl (C=O) groups is 2. The molecular formula is C29H23N2O6S2-. The third-order valence-electron chi connectivity index (χ3n) is 6.23. The van der Waals surface area contributed by atoms with E-state index in [1.807, 2.05) is 30.5 Å². The summed E-state index contributed by atoms with van der Waals surface area (Å²) in [7, 11) is 0. The number of aromatic carboxylic acids is 1. The maximum atomic E-state index is 13.7. The van der Waals surface area contributed by atoms with Gasteiger partial charge in [-0.25, -0.2) is 9.79 Å². The molecule has 10 heteroatoms. The average molecular weight is 560 g/mol. The first-order valence-electron chi connectivity index (χ1n) is 12.1. The van der Waals surface area contributed by atoms with E-state index in [0.717, 1.165) is 10.5 Å². The molecule has 0 spiro atoms. The number of aromatic nitrogens is 1. The maximum absolute atomic E-state index is 13.7. The SMILES string of the molecule is CCOC(=O)C1=C(C)N=c2sc(=Cc3ccc(-c4cccc(C(=O)[O-])c4)o3)c(=O)n2C1c1ccc(SC)cc1. The zero-order valence-electron chi connectivity index (χ0n) is 21.3. The summed E-state index contributed by atoms with van der Waals surface area (Å²) in [6.07, 6.45) is 3.60. The molecule has 2 aromatic heterocycles. The number of ether oxygens (including phenoxy) is 1. The highest BCUT2D eigenvalue weighted by Gasteiger charge is 2.33. The standard InChI is InChI=1S/C29H24N2O6S2/c1-4-36-28(35)24-16(2)30-29-31(25(24)17-8-11-21(38-3)12-9-17)26(32)23(39-29)15-20-10-13-22(37-20)18-6-5-7-19(14-18)27(33)34/h5-15,25H,4H2,1-3H3,(H,33,34)/p-1. The lowest BCUT2D eigenvalue weighted by Gasteiger charge is -2.24. The molecule has 0 saturated carbocycles. The second-order valence-electron chi connectivity index (χ2n) is 8.65. The van der Waals surface area contributed by atoms with Crippen LogP contribution < -0.4 is 20.0 Å². The number of hydrogen-bond acceptors (Lipinski definition) is 9. The molecule has 0 bridgehead atoms. The third kappa shape index (κ3) is 5.13.